The molecule has 176 valence electrons. The zero-order valence-electron chi connectivity index (χ0n) is 19.3. The van der Waals surface area contributed by atoms with Gasteiger partial charge in [-0.3, -0.25) is 14.4 Å². The first kappa shape index (κ1) is 23.9. The molecule has 1 aromatic carbocycles. The molecule has 0 unspecified atom stereocenters. The minimum Gasteiger partial charge on any atom is -0.493 e. The van der Waals surface area contributed by atoms with Crippen molar-refractivity contribution in [3.05, 3.63) is 23.8 Å². The van der Waals surface area contributed by atoms with Crippen molar-refractivity contribution in [3.8, 4) is 11.5 Å². The first-order chi connectivity index (χ1) is 15.5. The van der Waals surface area contributed by atoms with E-state index in [0.29, 0.717) is 37.6 Å². The normalized spacial score (nSPS) is 18.7. The highest BCUT2D eigenvalue weighted by molar-refractivity contribution is 5.89. The van der Waals surface area contributed by atoms with Crippen molar-refractivity contribution in [3.63, 3.8) is 0 Å². The third kappa shape index (κ3) is 5.72. The van der Waals surface area contributed by atoms with Gasteiger partial charge in [0, 0.05) is 32.1 Å². The Morgan fingerprint density at radius 3 is 2.47 bits per heavy atom. The van der Waals surface area contributed by atoms with E-state index in [-0.39, 0.29) is 42.6 Å². The quantitative estimate of drug-likeness (QED) is 0.513. The van der Waals surface area contributed by atoms with E-state index in [9.17, 15) is 14.4 Å². The maximum atomic E-state index is 13.3. The number of rotatable bonds is 10. The summed E-state index contributed by atoms with van der Waals surface area (Å²) >= 11 is 0. The Balaban J connectivity index is 1.60. The molecule has 3 rings (SSSR count). The second kappa shape index (κ2) is 11.2. The fourth-order valence-electron chi connectivity index (χ4n) is 4.69. The Labute approximate surface area is 189 Å². The molecule has 2 amide bonds. The van der Waals surface area contributed by atoms with Crippen LogP contribution in [0.5, 0.6) is 11.5 Å². The molecule has 1 heterocycles. The van der Waals surface area contributed by atoms with Crippen LogP contribution in [0.25, 0.3) is 0 Å². The molecule has 1 saturated carbocycles. The smallest absolute Gasteiger partial charge is 0.307 e. The van der Waals surface area contributed by atoms with Crippen LogP contribution in [0.15, 0.2) is 18.2 Å². The van der Waals surface area contributed by atoms with Gasteiger partial charge in [0.2, 0.25) is 11.8 Å². The molecule has 1 atom stereocenters. The van der Waals surface area contributed by atoms with Crippen molar-refractivity contribution in [2.45, 2.75) is 51.0 Å². The monoisotopic (exact) mass is 446 g/mol. The zero-order chi connectivity index (χ0) is 23.1. The van der Waals surface area contributed by atoms with Gasteiger partial charge in [-0.25, -0.2) is 0 Å². The third-order valence-corrected chi connectivity index (χ3v) is 6.52. The Kier molecular flexibility index (Phi) is 8.36. The van der Waals surface area contributed by atoms with E-state index in [1.807, 2.05) is 23.1 Å². The van der Waals surface area contributed by atoms with Crippen LogP contribution in [0, 0.1) is 5.92 Å². The van der Waals surface area contributed by atoms with E-state index >= 15 is 0 Å². The number of hydrogen-bond acceptors (Lipinski definition) is 6. The van der Waals surface area contributed by atoms with Gasteiger partial charge in [0.15, 0.2) is 11.5 Å². The summed E-state index contributed by atoms with van der Waals surface area (Å²) < 4.78 is 15.4. The summed E-state index contributed by atoms with van der Waals surface area (Å²) in [6.07, 6.45) is 5.17. The fourth-order valence-corrected chi connectivity index (χ4v) is 4.69. The Morgan fingerprint density at radius 2 is 1.81 bits per heavy atom. The molecule has 0 radical (unpaired) electrons. The summed E-state index contributed by atoms with van der Waals surface area (Å²) in [5, 5.41) is 0. The molecule has 8 heteroatoms. The molecule has 1 aromatic rings. The molecule has 0 spiro atoms. The van der Waals surface area contributed by atoms with E-state index in [2.05, 4.69) is 0 Å². The molecule has 32 heavy (non-hydrogen) atoms. The molecular weight excluding hydrogens is 412 g/mol. The van der Waals surface area contributed by atoms with Gasteiger partial charge >= 0.3 is 5.97 Å². The van der Waals surface area contributed by atoms with E-state index in [4.69, 9.17) is 14.2 Å². The summed E-state index contributed by atoms with van der Waals surface area (Å²) in [7, 11) is 4.55. The molecular formula is C24H34N2O6. The predicted octanol–water partition coefficient (Wildman–Crippen LogP) is 2.43. The molecule has 0 aromatic heterocycles. The van der Waals surface area contributed by atoms with Crippen LogP contribution in [0.2, 0.25) is 0 Å². The Bertz CT molecular complexity index is 821. The highest BCUT2D eigenvalue weighted by atomic mass is 16.5. The number of esters is 1. The summed E-state index contributed by atoms with van der Waals surface area (Å²) in [6, 6.07) is 5.88. The van der Waals surface area contributed by atoms with Crippen LogP contribution in [0.3, 0.4) is 0 Å². The summed E-state index contributed by atoms with van der Waals surface area (Å²) in [5.74, 6) is 0.638. The number of likely N-dealkylation sites (tertiary alicyclic amines) is 1. The number of hydrogen-bond donors (Lipinski definition) is 0. The van der Waals surface area contributed by atoms with Gasteiger partial charge in [0.25, 0.3) is 0 Å². The first-order valence-corrected chi connectivity index (χ1v) is 11.3. The van der Waals surface area contributed by atoms with Crippen molar-refractivity contribution in [1.82, 2.24) is 9.80 Å². The molecule has 2 aliphatic rings. The summed E-state index contributed by atoms with van der Waals surface area (Å²) in [4.78, 5) is 41.2. The van der Waals surface area contributed by atoms with Crippen molar-refractivity contribution in [2.75, 3.05) is 41.0 Å². The molecule has 2 fully saturated rings. The van der Waals surface area contributed by atoms with E-state index in [1.54, 1.807) is 19.1 Å². The van der Waals surface area contributed by atoms with Crippen molar-refractivity contribution >= 4 is 17.8 Å². The second-order valence-corrected chi connectivity index (χ2v) is 8.48. The lowest BCUT2D eigenvalue weighted by molar-refractivity contribution is -0.143. The van der Waals surface area contributed by atoms with Crippen LogP contribution in [0.1, 0.15) is 44.1 Å². The first-order valence-electron chi connectivity index (χ1n) is 11.3. The van der Waals surface area contributed by atoms with Crippen LogP contribution in [0.4, 0.5) is 0 Å². The Morgan fingerprint density at radius 1 is 1.09 bits per heavy atom. The van der Waals surface area contributed by atoms with Gasteiger partial charge in [-0.2, -0.15) is 0 Å². The molecule has 0 N–H and O–H groups in total. The standard InChI is InChI=1S/C24H34N2O6/c1-30-20-9-8-17(14-21(20)31-2)10-12-25-16-18(15-22(25)27)24(29)26(13-11-23(28)32-3)19-6-4-5-7-19/h8-9,14,18-19H,4-7,10-13,15-16H2,1-3H3/t18-/m1/s1. The maximum absolute atomic E-state index is 13.3. The average molecular weight is 447 g/mol. The van der Waals surface area contributed by atoms with Crippen molar-refractivity contribution in [2.24, 2.45) is 5.92 Å². The fraction of sp³-hybridized carbons (Fsp3) is 0.625. The van der Waals surface area contributed by atoms with E-state index in [1.165, 1.54) is 7.11 Å². The highest BCUT2D eigenvalue weighted by Crippen LogP contribution is 2.30. The molecule has 1 aliphatic heterocycles. The van der Waals surface area contributed by atoms with Gasteiger partial charge in [0.1, 0.15) is 0 Å². The number of amides is 2. The van der Waals surface area contributed by atoms with Gasteiger partial charge in [-0.1, -0.05) is 18.9 Å². The number of carbonyl (C=O) groups is 3. The van der Waals surface area contributed by atoms with Crippen molar-refractivity contribution in [1.29, 1.82) is 0 Å². The zero-order valence-corrected chi connectivity index (χ0v) is 19.3. The summed E-state index contributed by atoms with van der Waals surface area (Å²) in [5.41, 5.74) is 1.04. The topological polar surface area (TPSA) is 85.4 Å². The lowest BCUT2D eigenvalue weighted by atomic mass is 10.0. The minimum atomic E-state index is -0.355. The number of nitrogens with zero attached hydrogens (tertiary/aromatic N) is 2. The molecule has 8 nitrogen and oxygen atoms in total. The number of ether oxygens (including phenoxy) is 3. The molecule has 1 saturated heterocycles. The van der Waals surface area contributed by atoms with Crippen molar-refractivity contribution < 1.29 is 28.6 Å². The highest BCUT2D eigenvalue weighted by Gasteiger charge is 2.38. The van der Waals surface area contributed by atoms with Crippen LogP contribution in [-0.2, 0) is 25.5 Å². The number of methoxy groups -OCH3 is 3. The largest absolute Gasteiger partial charge is 0.493 e. The molecule has 1 aliphatic carbocycles. The van der Waals surface area contributed by atoms with Gasteiger partial charge < -0.3 is 24.0 Å². The van der Waals surface area contributed by atoms with Gasteiger partial charge in [0.05, 0.1) is 33.7 Å². The minimum absolute atomic E-state index is 0.00293. The predicted molar refractivity (Wildman–Crippen MR) is 119 cm³/mol. The number of carbonyl (C=O) groups excluding carboxylic acids is 3. The summed E-state index contributed by atoms with van der Waals surface area (Å²) in [6.45, 7) is 1.32. The average Bonchev–Trinajstić information content (AvgIpc) is 3.47. The van der Waals surface area contributed by atoms with E-state index in [0.717, 1.165) is 31.2 Å². The van der Waals surface area contributed by atoms with Crippen LogP contribution >= 0.6 is 0 Å². The lowest BCUT2D eigenvalue weighted by Gasteiger charge is -2.31. The SMILES string of the molecule is COC(=O)CCN(C(=O)[C@@H]1CC(=O)N(CCc2ccc(OC)c(OC)c2)C1)C1CCCC1. The lowest BCUT2D eigenvalue weighted by Crippen LogP contribution is -2.44. The van der Waals surface area contributed by atoms with Gasteiger partial charge in [-0.05, 0) is 37.0 Å². The number of benzene rings is 1. The molecule has 0 bridgehead atoms. The van der Waals surface area contributed by atoms with Crippen LogP contribution < -0.4 is 9.47 Å². The van der Waals surface area contributed by atoms with Gasteiger partial charge in [-0.15, -0.1) is 0 Å². The van der Waals surface area contributed by atoms with Crippen LogP contribution in [-0.4, -0.2) is 74.6 Å². The second-order valence-electron chi connectivity index (χ2n) is 8.48. The van der Waals surface area contributed by atoms with E-state index < -0.39 is 0 Å². The maximum Gasteiger partial charge on any atom is 0.307 e. The third-order valence-electron chi connectivity index (χ3n) is 6.52. The Hall–Kier alpha value is -2.77.